The average molecular weight is 261 g/mol. The molecule has 1 N–H and O–H groups in total. The molecule has 1 unspecified atom stereocenters. The van der Waals surface area contributed by atoms with E-state index in [4.69, 9.17) is 5.11 Å². The van der Waals surface area contributed by atoms with Crippen molar-refractivity contribution in [1.29, 1.82) is 0 Å². The molecule has 0 aliphatic carbocycles. The topological polar surface area (TPSA) is 83.9 Å². The Morgan fingerprint density at radius 1 is 1.47 bits per heavy atom. The van der Waals surface area contributed by atoms with E-state index < -0.39 is 23.9 Å². The second-order valence-electron chi connectivity index (χ2n) is 3.72. The number of aliphatic hydroxyl groups is 1. The SMILES string of the molecule is CC(O)CSCCC(=O)ON1C(=O)CCC1=O. The van der Waals surface area contributed by atoms with Crippen molar-refractivity contribution >= 4 is 29.5 Å². The monoisotopic (exact) mass is 261 g/mol. The molecule has 1 fully saturated rings. The van der Waals surface area contributed by atoms with E-state index in [1.165, 1.54) is 11.8 Å². The third-order valence-electron chi connectivity index (χ3n) is 2.01. The smallest absolute Gasteiger partial charge is 0.334 e. The fourth-order valence-corrected chi connectivity index (χ4v) is 2.03. The summed E-state index contributed by atoms with van der Waals surface area (Å²) in [6.45, 7) is 1.66. The van der Waals surface area contributed by atoms with Gasteiger partial charge in [-0.15, -0.1) is 5.06 Å². The largest absolute Gasteiger partial charge is 0.393 e. The summed E-state index contributed by atoms with van der Waals surface area (Å²) in [6, 6.07) is 0. The van der Waals surface area contributed by atoms with E-state index in [1.54, 1.807) is 6.92 Å². The zero-order chi connectivity index (χ0) is 12.8. The lowest BCUT2D eigenvalue weighted by Gasteiger charge is -2.12. The molecule has 0 bridgehead atoms. The summed E-state index contributed by atoms with van der Waals surface area (Å²) in [5, 5.41) is 9.53. The number of rotatable bonds is 6. The maximum atomic E-state index is 11.3. The number of hydrogen-bond acceptors (Lipinski definition) is 6. The average Bonchev–Trinajstić information content (AvgIpc) is 2.56. The summed E-state index contributed by atoms with van der Waals surface area (Å²) in [4.78, 5) is 38.2. The number of imide groups is 1. The minimum Gasteiger partial charge on any atom is -0.393 e. The maximum Gasteiger partial charge on any atom is 0.334 e. The fraction of sp³-hybridized carbons (Fsp3) is 0.700. The number of carbonyl (C=O) groups is 3. The number of aliphatic hydroxyl groups excluding tert-OH is 1. The molecule has 1 saturated heterocycles. The van der Waals surface area contributed by atoms with Gasteiger partial charge in [0, 0.05) is 24.3 Å². The van der Waals surface area contributed by atoms with Crippen molar-refractivity contribution in [3.8, 4) is 0 Å². The Morgan fingerprint density at radius 3 is 2.59 bits per heavy atom. The predicted octanol–water partition coefficient (Wildman–Crippen LogP) is 0.0977. The van der Waals surface area contributed by atoms with E-state index in [0.717, 1.165) is 0 Å². The second kappa shape index (κ2) is 6.61. The number of hydrogen-bond donors (Lipinski definition) is 1. The highest BCUT2D eigenvalue weighted by atomic mass is 32.2. The number of carbonyl (C=O) groups excluding carboxylic acids is 3. The van der Waals surface area contributed by atoms with Gasteiger partial charge in [-0.3, -0.25) is 9.59 Å². The van der Waals surface area contributed by atoms with Gasteiger partial charge in [0.25, 0.3) is 11.8 Å². The Bertz CT molecular complexity index is 302. The molecular weight excluding hydrogens is 246 g/mol. The first-order valence-corrected chi connectivity index (χ1v) is 6.48. The highest BCUT2D eigenvalue weighted by Gasteiger charge is 2.32. The lowest BCUT2D eigenvalue weighted by Crippen LogP contribution is -2.32. The molecule has 1 rings (SSSR count). The van der Waals surface area contributed by atoms with Crippen LogP contribution < -0.4 is 0 Å². The molecule has 0 saturated carbocycles. The lowest BCUT2D eigenvalue weighted by molar-refractivity contribution is -0.197. The zero-order valence-corrected chi connectivity index (χ0v) is 10.4. The van der Waals surface area contributed by atoms with E-state index >= 15 is 0 Å². The molecule has 1 aliphatic rings. The predicted molar refractivity (Wildman–Crippen MR) is 60.8 cm³/mol. The second-order valence-corrected chi connectivity index (χ2v) is 4.87. The van der Waals surface area contributed by atoms with E-state index in [0.29, 0.717) is 16.6 Å². The van der Waals surface area contributed by atoms with Gasteiger partial charge < -0.3 is 9.94 Å². The van der Waals surface area contributed by atoms with Crippen LogP contribution in [0.3, 0.4) is 0 Å². The van der Waals surface area contributed by atoms with Crippen molar-refractivity contribution in [2.75, 3.05) is 11.5 Å². The van der Waals surface area contributed by atoms with Crippen LogP contribution in [0.1, 0.15) is 26.2 Å². The van der Waals surface area contributed by atoms with Gasteiger partial charge >= 0.3 is 5.97 Å². The normalized spacial score (nSPS) is 17.4. The van der Waals surface area contributed by atoms with Gasteiger partial charge in [-0.05, 0) is 6.92 Å². The van der Waals surface area contributed by atoms with Crippen LogP contribution >= 0.6 is 11.8 Å². The van der Waals surface area contributed by atoms with Crippen LogP contribution in [0.5, 0.6) is 0 Å². The van der Waals surface area contributed by atoms with Gasteiger partial charge in [0.1, 0.15) is 0 Å². The van der Waals surface area contributed by atoms with Gasteiger partial charge in [0.05, 0.1) is 12.5 Å². The summed E-state index contributed by atoms with van der Waals surface area (Å²) >= 11 is 1.41. The van der Waals surface area contributed by atoms with Gasteiger partial charge in [-0.1, -0.05) is 0 Å². The minimum absolute atomic E-state index is 0.100. The first-order chi connectivity index (χ1) is 8.00. The standard InChI is InChI=1S/C10H15NO5S/c1-7(12)6-17-5-4-10(15)16-11-8(13)2-3-9(11)14/h7,12H,2-6H2,1H3. The van der Waals surface area contributed by atoms with E-state index in [1.807, 2.05) is 0 Å². The van der Waals surface area contributed by atoms with Crippen molar-refractivity contribution in [3.05, 3.63) is 0 Å². The van der Waals surface area contributed by atoms with Gasteiger partial charge in [-0.25, -0.2) is 4.79 Å². The highest BCUT2D eigenvalue weighted by Crippen LogP contribution is 2.13. The van der Waals surface area contributed by atoms with Crippen molar-refractivity contribution in [3.63, 3.8) is 0 Å². The Kier molecular flexibility index (Phi) is 5.43. The minimum atomic E-state index is -0.605. The van der Waals surface area contributed by atoms with Crippen molar-refractivity contribution < 1.29 is 24.3 Å². The molecule has 2 amide bonds. The lowest BCUT2D eigenvalue weighted by atomic mass is 10.4. The number of nitrogens with zero attached hydrogens (tertiary/aromatic N) is 1. The molecular formula is C10H15NO5S. The van der Waals surface area contributed by atoms with Gasteiger partial charge in [-0.2, -0.15) is 11.8 Å². The molecule has 0 radical (unpaired) electrons. The first kappa shape index (κ1) is 14.0. The molecule has 7 heteroatoms. The number of thioether (sulfide) groups is 1. The van der Waals surface area contributed by atoms with Crippen molar-refractivity contribution in [2.45, 2.75) is 32.3 Å². The number of amides is 2. The van der Waals surface area contributed by atoms with E-state index in [9.17, 15) is 14.4 Å². The van der Waals surface area contributed by atoms with Crippen LogP contribution in [0.4, 0.5) is 0 Å². The molecule has 96 valence electrons. The van der Waals surface area contributed by atoms with Gasteiger partial charge in [0.2, 0.25) is 0 Å². The van der Waals surface area contributed by atoms with Crippen LogP contribution in [-0.4, -0.2) is 45.6 Å². The summed E-state index contributed by atoms with van der Waals surface area (Å²) in [5.74, 6) is -0.527. The first-order valence-electron chi connectivity index (χ1n) is 5.33. The molecule has 1 heterocycles. The Balaban J connectivity index is 2.21. The number of hydroxylamine groups is 2. The highest BCUT2D eigenvalue weighted by molar-refractivity contribution is 7.99. The fourth-order valence-electron chi connectivity index (χ4n) is 1.21. The van der Waals surface area contributed by atoms with Crippen molar-refractivity contribution in [2.24, 2.45) is 0 Å². The summed E-state index contributed by atoms with van der Waals surface area (Å²) < 4.78 is 0. The molecule has 17 heavy (non-hydrogen) atoms. The van der Waals surface area contributed by atoms with Crippen LogP contribution in [0, 0.1) is 0 Å². The van der Waals surface area contributed by atoms with Crippen LogP contribution in [0.25, 0.3) is 0 Å². The van der Waals surface area contributed by atoms with Crippen LogP contribution in [0.2, 0.25) is 0 Å². The van der Waals surface area contributed by atoms with Crippen LogP contribution in [0.15, 0.2) is 0 Å². The quantitative estimate of drug-likeness (QED) is 0.539. The summed E-state index contributed by atoms with van der Waals surface area (Å²) in [7, 11) is 0. The molecule has 1 atom stereocenters. The summed E-state index contributed by atoms with van der Waals surface area (Å²) in [5.41, 5.74) is 0. The molecule has 0 aromatic heterocycles. The van der Waals surface area contributed by atoms with E-state index in [-0.39, 0.29) is 19.3 Å². The third kappa shape index (κ3) is 4.74. The third-order valence-corrected chi connectivity index (χ3v) is 3.22. The summed E-state index contributed by atoms with van der Waals surface area (Å²) in [6.07, 6.45) is -0.113. The Labute approximate surface area is 103 Å². The molecule has 1 aliphatic heterocycles. The molecule has 0 spiro atoms. The Hall–Kier alpha value is -1.08. The molecule has 6 nitrogen and oxygen atoms in total. The van der Waals surface area contributed by atoms with Gasteiger partial charge in [0.15, 0.2) is 0 Å². The molecule has 0 aromatic rings. The molecule has 0 aromatic carbocycles. The van der Waals surface area contributed by atoms with E-state index in [2.05, 4.69) is 4.84 Å². The van der Waals surface area contributed by atoms with Crippen molar-refractivity contribution in [1.82, 2.24) is 5.06 Å². The zero-order valence-electron chi connectivity index (χ0n) is 9.55. The van der Waals surface area contributed by atoms with Crippen LogP contribution in [-0.2, 0) is 19.2 Å². The Morgan fingerprint density at radius 2 is 2.06 bits per heavy atom. The maximum absolute atomic E-state index is 11.3.